The zero-order valence-corrected chi connectivity index (χ0v) is 32.5. The highest BCUT2D eigenvalue weighted by Crippen LogP contribution is 2.38. The van der Waals surface area contributed by atoms with Crippen LogP contribution in [0.25, 0.3) is 21.8 Å². The fraction of sp³-hybridized carbons (Fsp3) is 0.545. The van der Waals surface area contributed by atoms with Crippen molar-refractivity contribution in [1.82, 2.24) is 18.9 Å². The fourth-order valence-corrected chi connectivity index (χ4v) is 9.13. The normalized spacial score (nSPS) is 17.6. The van der Waals surface area contributed by atoms with Crippen LogP contribution in [0, 0.1) is 0 Å². The molecule has 0 radical (unpaired) electrons. The monoisotopic (exact) mass is 740 g/mol. The lowest BCUT2D eigenvalue weighted by atomic mass is 9.95. The number of ether oxygens (including phenoxy) is 2. The second kappa shape index (κ2) is 19.4. The first-order valence-electron chi connectivity index (χ1n) is 20.3. The summed E-state index contributed by atoms with van der Waals surface area (Å²) < 4.78 is 16.6. The molecule has 2 N–H and O–H groups in total. The van der Waals surface area contributed by atoms with Crippen molar-refractivity contribution in [1.29, 1.82) is 0 Å². The number of carboxylic acids is 2. The Morgan fingerprint density at radius 2 is 0.944 bits per heavy atom. The molecule has 54 heavy (non-hydrogen) atoms. The molecule has 2 fully saturated rings. The average Bonchev–Trinajstić information content (AvgIpc) is 3.72. The number of piperidine rings is 2. The Morgan fingerprint density at radius 1 is 0.556 bits per heavy atom. The molecule has 0 bridgehead atoms. The Hall–Kier alpha value is -4.28. The molecule has 0 amide bonds. The number of carbonyl (C=O) groups is 2. The summed E-state index contributed by atoms with van der Waals surface area (Å²) in [6, 6.07) is 13.1. The molecular formula is C44H60N4O6. The van der Waals surface area contributed by atoms with Gasteiger partial charge in [-0.2, -0.15) is 0 Å². The van der Waals surface area contributed by atoms with E-state index in [1.54, 1.807) is 36.7 Å². The molecule has 0 unspecified atom stereocenters. The number of nitrogens with zero attached hydrogens (tertiary/aromatic N) is 4. The van der Waals surface area contributed by atoms with Gasteiger partial charge in [0.25, 0.3) is 0 Å². The van der Waals surface area contributed by atoms with Crippen LogP contribution >= 0.6 is 0 Å². The number of benzene rings is 2. The van der Waals surface area contributed by atoms with Crippen LogP contribution < -0.4 is 9.47 Å². The molecule has 4 aliphatic rings. The highest BCUT2D eigenvalue weighted by atomic mass is 16.5. The largest absolute Gasteiger partial charge is 0.495 e. The van der Waals surface area contributed by atoms with Crippen molar-refractivity contribution in [2.45, 2.75) is 103 Å². The maximum absolute atomic E-state index is 9.55. The second-order valence-electron chi connectivity index (χ2n) is 15.1. The number of aryl methyl sites for hydroxylation is 2. The number of aromatic nitrogens is 2. The van der Waals surface area contributed by atoms with Gasteiger partial charge >= 0.3 is 11.9 Å². The lowest BCUT2D eigenvalue weighted by Crippen LogP contribution is -2.32. The van der Waals surface area contributed by atoms with E-state index in [1.807, 2.05) is 0 Å². The summed E-state index contributed by atoms with van der Waals surface area (Å²) in [6.07, 6.45) is 19.6. The van der Waals surface area contributed by atoms with Crippen LogP contribution in [-0.2, 0) is 48.4 Å². The molecule has 292 valence electrons. The standard InChI is InChI=1S/2C20H28N2O.C4H4O4/c2*1-23-19-11-7-9-17-16-8-3-4-10-18(16)22(20(17)19)15-14-21-12-5-2-6-13-21;5-3(6)1-2-4(7)8/h2*7,9,11H,2-6,8,10,12-15H2,1H3;1-2H,(H,5,6)(H,7,8). The van der Waals surface area contributed by atoms with Gasteiger partial charge in [0.1, 0.15) is 11.5 Å². The smallest absolute Gasteiger partial charge is 0.328 e. The highest BCUT2D eigenvalue weighted by molar-refractivity contribution is 5.92. The molecule has 2 aliphatic heterocycles. The van der Waals surface area contributed by atoms with Crippen molar-refractivity contribution in [2.75, 3.05) is 53.5 Å². The molecule has 0 atom stereocenters. The molecule has 4 aromatic rings. The van der Waals surface area contributed by atoms with Crippen molar-refractivity contribution in [3.63, 3.8) is 0 Å². The lowest BCUT2D eigenvalue weighted by Gasteiger charge is -2.27. The van der Waals surface area contributed by atoms with E-state index in [0.717, 1.165) is 24.6 Å². The minimum absolute atomic E-state index is 0.558. The average molecular weight is 741 g/mol. The van der Waals surface area contributed by atoms with E-state index in [9.17, 15) is 9.59 Å². The number of methoxy groups -OCH3 is 2. The predicted octanol–water partition coefficient (Wildman–Crippen LogP) is 7.74. The van der Waals surface area contributed by atoms with Crippen molar-refractivity contribution in [2.24, 2.45) is 0 Å². The van der Waals surface area contributed by atoms with Crippen molar-refractivity contribution in [3.8, 4) is 11.5 Å². The van der Waals surface area contributed by atoms with Crippen LogP contribution in [0.1, 0.15) is 86.7 Å². The third kappa shape index (κ3) is 9.50. The Morgan fingerprint density at radius 3 is 1.31 bits per heavy atom. The number of fused-ring (bicyclic) bond motifs is 6. The quantitative estimate of drug-likeness (QED) is 0.159. The van der Waals surface area contributed by atoms with E-state index in [2.05, 4.69) is 55.3 Å². The van der Waals surface area contributed by atoms with E-state index >= 15 is 0 Å². The molecule has 4 heterocycles. The summed E-state index contributed by atoms with van der Waals surface area (Å²) >= 11 is 0. The van der Waals surface area contributed by atoms with E-state index in [-0.39, 0.29) is 0 Å². The first-order chi connectivity index (χ1) is 26.4. The molecule has 0 saturated carbocycles. The van der Waals surface area contributed by atoms with Crippen molar-refractivity contribution >= 4 is 33.7 Å². The van der Waals surface area contributed by atoms with Crippen LogP contribution in [0.15, 0.2) is 48.6 Å². The minimum atomic E-state index is -1.26. The lowest BCUT2D eigenvalue weighted by molar-refractivity contribution is -0.134. The van der Waals surface area contributed by atoms with Crippen molar-refractivity contribution < 1.29 is 29.3 Å². The molecular weight excluding hydrogens is 681 g/mol. The van der Waals surface area contributed by atoms with Gasteiger partial charge in [0.15, 0.2) is 0 Å². The van der Waals surface area contributed by atoms with Gasteiger partial charge in [-0.25, -0.2) is 9.59 Å². The van der Waals surface area contributed by atoms with Gasteiger partial charge in [0.05, 0.1) is 25.3 Å². The van der Waals surface area contributed by atoms with Gasteiger partial charge in [-0.05, 0) is 126 Å². The third-order valence-electron chi connectivity index (χ3n) is 11.7. The number of rotatable bonds is 10. The maximum atomic E-state index is 9.55. The molecule has 2 aromatic heterocycles. The summed E-state index contributed by atoms with van der Waals surface area (Å²) in [5.41, 5.74) is 8.99. The Balaban J connectivity index is 0.000000154. The molecule has 2 saturated heterocycles. The van der Waals surface area contributed by atoms with E-state index < -0.39 is 11.9 Å². The summed E-state index contributed by atoms with van der Waals surface area (Å²) in [5.74, 6) is -0.439. The van der Waals surface area contributed by atoms with Crippen LogP contribution in [0.5, 0.6) is 11.5 Å². The fourth-order valence-electron chi connectivity index (χ4n) is 9.13. The molecule has 10 heteroatoms. The van der Waals surface area contributed by atoms with E-state index in [4.69, 9.17) is 19.7 Å². The molecule has 8 rings (SSSR count). The van der Waals surface area contributed by atoms with Crippen LogP contribution in [0.3, 0.4) is 0 Å². The Bertz CT molecular complexity index is 1760. The van der Waals surface area contributed by atoms with E-state index in [0.29, 0.717) is 12.2 Å². The zero-order valence-electron chi connectivity index (χ0n) is 32.5. The summed E-state index contributed by atoms with van der Waals surface area (Å²) in [6.45, 7) is 9.66. The summed E-state index contributed by atoms with van der Waals surface area (Å²) in [5, 5.41) is 18.5. The van der Waals surface area contributed by atoms with Gasteiger partial charge < -0.3 is 38.6 Å². The summed E-state index contributed by atoms with van der Waals surface area (Å²) in [7, 11) is 3.60. The van der Waals surface area contributed by atoms with Crippen LogP contribution in [0.2, 0.25) is 0 Å². The number of para-hydroxylation sites is 2. The Labute approximate surface area is 320 Å². The second-order valence-corrected chi connectivity index (χ2v) is 15.1. The van der Waals surface area contributed by atoms with Crippen LogP contribution in [-0.4, -0.2) is 94.6 Å². The third-order valence-corrected chi connectivity index (χ3v) is 11.7. The predicted molar refractivity (Wildman–Crippen MR) is 215 cm³/mol. The van der Waals surface area contributed by atoms with Gasteiger partial charge in [-0.3, -0.25) is 0 Å². The first kappa shape index (κ1) is 39.4. The zero-order chi connectivity index (χ0) is 37.9. The van der Waals surface area contributed by atoms with Crippen LogP contribution in [0.4, 0.5) is 0 Å². The number of hydrogen-bond acceptors (Lipinski definition) is 6. The number of likely N-dealkylation sites (tertiary alicyclic amines) is 2. The number of hydrogen-bond donors (Lipinski definition) is 2. The SMILES string of the molecule is COc1cccc2c3c(n(CCN4CCCCC4)c12)CCCC3.COc1cccc2c3c(n(CCN4CCCCC4)c12)CCCC3.O=C(O)C=CC(=O)O. The summed E-state index contributed by atoms with van der Waals surface area (Å²) in [4.78, 5) is 24.4. The minimum Gasteiger partial charge on any atom is -0.495 e. The van der Waals surface area contributed by atoms with E-state index in [1.165, 1.54) is 151 Å². The first-order valence-corrected chi connectivity index (χ1v) is 20.3. The topological polar surface area (TPSA) is 109 Å². The molecule has 2 aliphatic carbocycles. The Kier molecular flexibility index (Phi) is 14.1. The van der Waals surface area contributed by atoms with Gasteiger partial charge in [0, 0.05) is 60.5 Å². The number of aliphatic carboxylic acids is 2. The maximum Gasteiger partial charge on any atom is 0.328 e. The van der Waals surface area contributed by atoms with Gasteiger partial charge in [-0.1, -0.05) is 37.1 Å². The molecule has 10 nitrogen and oxygen atoms in total. The molecule has 0 spiro atoms. The highest BCUT2D eigenvalue weighted by Gasteiger charge is 2.24. The van der Waals surface area contributed by atoms with Crippen molar-refractivity contribution in [3.05, 3.63) is 71.1 Å². The van der Waals surface area contributed by atoms with Gasteiger partial charge in [0.2, 0.25) is 0 Å². The number of carboxylic acid groups (broad SMARTS) is 2. The molecule has 2 aromatic carbocycles. The van der Waals surface area contributed by atoms with Gasteiger partial charge in [-0.15, -0.1) is 0 Å².